The van der Waals surface area contributed by atoms with E-state index in [9.17, 15) is 9.59 Å². The van der Waals surface area contributed by atoms with Crippen LogP contribution in [0.3, 0.4) is 0 Å². The molecule has 1 aromatic rings. The van der Waals surface area contributed by atoms with E-state index in [1.807, 2.05) is 0 Å². The Labute approximate surface area is 121 Å². The van der Waals surface area contributed by atoms with Gasteiger partial charge in [0.25, 0.3) is 0 Å². The Kier molecular flexibility index (Phi) is 3.70. The van der Waals surface area contributed by atoms with E-state index in [0.717, 1.165) is 23.5 Å². The third-order valence-corrected chi connectivity index (χ3v) is 4.60. The number of carbonyl (C=O) groups is 2. The van der Waals surface area contributed by atoms with Gasteiger partial charge >= 0.3 is 0 Å². The van der Waals surface area contributed by atoms with Crippen LogP contribution in [0.4, 0.5) is 0 Å². The fourth-order valence-corrected chi connectivity index (χ4v) is 3.29. The number of fused-ring (bicyclic) bond motifs is 1. The molecule has 1 aromatic carbocycles. The van der Waals surface area contributed by atoms with Crippen molar-refractivity contribution in [1.82, 2.24) is 0 Å². The molecule has 0 aromatic heterocycles. The summed E-state index contributed by atoms with van der Waals surface area (Å²) in [5.74, 6) is 2.15. The first-order valence-electron chi connectivity index (χ1n) is 6.73. The second kappa shape index (κ2) is 5.48. The third-order valence-electron chi connectivity index (χ3n) is 3.54. The minimum Gasteiger partial charge on any atom is -0.493 e. The molecule has 0 spiro atoms. The molecule has 5 heteroatoms. The number of ketones is 2. The average Bonchev–Trinajstić information content (AvgIpc) is 3.30. The molecule has 3 rings (SSSR count). The van der Waals surface area contributed by atoms with Crippen molar-refractivity contribution in [3.8, 4) is 11.5 Å². The van der Waals surface area contributed by atoms with E-state index in [4.69, 9.17) is 9.47 Å². The smallest absolute Gasteiger partial charge is 0.175 e. The van der Waals surface area contributed by atoms with Crippen molar-refractivity contribution < 1.29 is 19.1 Å². The lowest BCUT2D eigenvalue weighted by molar-refractivity contribution is -0.119. The van der Waals surface area contributed by atoms with Crippen LogP contribution in [-0.2, 0) is 4.79 Å². The van der Waals surface area contributed by atoms with Crippen LogP contribution >= 0.6 is 11.8 Å². The number of rotatable bonds is 5. The second-order valence-electron chi connectivity index (χ2n) is 5.01. The average molecular weight is 292 g/mol. The lowest BCUT2D eigenvalue weighted by atomic mass is 10.0. The van der Waals surface area contributed by atoms with E-state index in [-0.39, 0.29) is 23.9 Å². The topological polar surface area (TPSA) is 52.6 Å². The Bertz CT molecular complexity index is 563. The van der Waals surface area contributed by atoms with Gasteiger partial charge in [-0.25, -0.2) is 0 Å². The molecule has 20 heavy (non-hydrogen) atoms. The molecule has 0 saturated heterocycles. The van der Waals surface area contributed by atoms with E-state index in [1.165, 1.54) is 0 Å². The summed E-state index contributed by atoms with van der Waals surface area (Å²) in [6.07, 6.45) is 1.87. The van der Waals surface area contributed by atoms with Crippen molar-refractivity contribution in [2.24, 2.45) is 5.92 Å². The zero-order valence-corrected chi connectivity index (χ0v) is 12.1. The lowest BCUT2D eigenvalue weighted by Crippen LogP contribution is -2.14. The molecule has 0 bridgehead atoms. The highest BCUT2D eigenvalue weighted by Gasteiger charge is 2.32. The van der Waals surface area contributed by atoms with Gasteiger partial charge in [-0.15, -0.1) is 11.8 Å². The maximum Gasteiger partial charge on any atom is 0.175 e. The van der Waals surface area contributed by atoms with Crippen molar-refractivity contribution in [3.63, 3.8) is 0 Å². The van der Waals surface area contributed by atoms with Gasteiger partial charge in [-0.2, -0.15) is 0 Å². The van der Waals surface area contributed by atoms with E-state index in [0.29, 0.717) is 23.7 Å². The van der Waals surface area contributed by atoms with Gasteiger partial charge in [0.1, 0.15) is 5.78 Å². The Hall–Kier alpha value is -1.49. The van der Waals surface area contributed by atoms with Crippen molar-refractivity contribution >= 4 is 23.3 Å². The predicted molar refractivity (Wildman–Crippen MR) is 75.9 cm³/mol. The standard InChI is InChI=1S/C15H16O4S/c1-18-13-5-4-10(15-14(13)19-6-7-20-15)12(17)8-11(16)9-2-3-9/h4-5,9H,2-3,6-8H2,1H3. The van der Waals surface area contributed by atoms with Gasteiger partial charge in [0.15, 0.2) is 17.3 Å². The summed E-state index contributed by atoms with van der Waals surface area (Å²) in [6, 6.07) is 3.47. The number of hydrogen-bond donors (Lipinski definition) is 0. The van der Waals surface area contributed by atoms with Crippen LogP contribution in [0.1, 0.15) is 29.6 Å². The highest BCUT2D eigenvalue weighted by Crippen LogP contribution is 2.43. The summed E-state index contributed by atoms with van der Waals surface area (Å²) < 4.78 is 10.9. The molecule has 106 valence electrons. The van der Waals surface area contributed by atoms with Gasteiger partial charge in [-0.1, -0.05) is 0 Å². The summed E-state index contributed by atoms with van der Waals surface area (Å²) in [5, 5.41) is 0. The van der Waals surface area contributed by atoms with Crippen LogP contribution in [0.5, 0.6) is 11.5 Å². The minimum atomic E-state index is -0.112. The van der Waals surface area contributed by atoms with E-state index in [2.05, 4.69) is 0 Å². The molecular weight excluding hydrogens is 276 g/mol. The fraction of sp³-hybridized carbons (Fsp3) is 0.467. The molecule has 0 N–H and O–H groups in total. The molecule has 1 heterocycles. The molecule has 4 nitrogen and oxygen atoms in total. The van der Waals surface area contributed by atoms with E-state index >= 15 is 0 Å². The molecular formula is C15H16O4S. The molecule has 0 unspecified atom stereocenters. The van der Waals surface area contributed by atoms with Gasteiger partial charge in [0.2, 0.25) is 0 Å². The van der Waals surface area contributed by atoms with Gasteiger partial charge in [0, 0.05) is 17.2 Å². The maximum atomic E-state index is 12.3. The molecule has 1 aliphatic heterocycles. The normalized spacial score (nSPS) is 17.1. The van der Waals surface area contributed by atoms with Crippen LogP contribution in [0.15, 0.2) is 17.0 Å². The van der Waals surface area contributed by atoms with Gasteiger partial charge in [-0.3, -0.25) is 9.59 Å². The number of carbonyl (C=O) groups excluding carboxylic acids is 2. The minimum absolute atomic E-state index is 0.00396. The van der Waals surface area contributed by atoms with Crippen molar-refractivity contribution in [2.75, 3.05) is 19.5 Å². The predicted octanol–water partition coefficient (Wildman–Crippen LogP) is 2.73. The zero-order valence-electron chi connectivity index (χ0n) is 11.3. The monoisotopic (exact) mass is 292 g/mol. The Balaban J connectivity index is 1.88. The van der Waals surface area contributed by atoms with Crippen molar-refractivity contribution in [2.45, 2.75) is 24.2 Å². The van der Waals surface area contributed by atoms with Crippen LogP contribution < -0.4 is 9.47 Å². The quantitative estimate of drug-likeness (QED) is 0.617. The Morgan fingerprint density at radius 1 is 1.40 bits per heavy atom. The van der Waals surface area contributed by atoms with E-state index in [1.54, 1.807) is 31.0 Å². The second-order valence-corrected chi connectivity index (χ2v) is 6.12. The molecule has 1 fully saturated rings. The van der Waals surface area contributed by atoms with Gasteiger partial charge in [-0.05, 0) is 25.0 Å². The van der Waals surface area contributed by atoms with Crippen molar-refractivity contribution in [3.05, 3.63) is 17.7 Å². The molecule has 0 amide bonds. The summed E-state index contributed by atoms with van der Waals surface area (Å²) in [7, 11) is 1.58. The lowest BCUT2D eigenvalue weighted by Gasteiger charge is -2.21. The van der Waals surface area contributed by atoms with Crippen LogP contribution in [-0.4, -0.2) is 31.0 Å². The number of benzene rings is 1. The number of methoxy groups -OCH3 is 1. The van der Waals surface area contributed by atoms with Gasteiger partial charge in [0.05, 0.1) is 25.0 Å². The summed E-state index contributed by atoms with van der Waals surface area (Å²) >= 11 is 1.59. The van der Waals surface area contributed by atoms with Crippen molar-refractivity contribution in [1.29, 1.82) is 0 Å². The zero-order chi connectivity index (χ0) is 14.1. The molecule has 0 atom stereocenters. The highest BCUT2D eigenvalue weighted by atomic mass is 32.2. The molecule has 1 aliphatic carbocycles. The number of thioether (sulfide) groups is 1. The third kappa shape index (κ3) is 2.54. The van der Waals surface area contributed by atoms with Crippen LogP contribution in [0, 0.1) is 5.92 Å². The summed E-state index contributed by atoms with van der Waals surface area (Å²) in [5.41, 5.74) is 0.583. The first-order chi connectivity index (χ1) is 9.70. The first kappa shape index (κ1) is 13.5. The largest absolute Gasteiger partial charge is 0.493 e. The Morgan fingerprint density at radius 3 is 2.90 bits per heavy atom. The number of hydrogen-bond acceptors (Lipinski definition) is 5. The van der Waals surface area contributed by atoms with Gasteiger partial charge < -0.3 is 9.47 Å². The van der Waals surface area contributed by atoms with Crippen LogP contribution in [0.2, 0.25) is 0 Å². The molecule has 2 aliphatic rings. The fourth-order valence-electron chi connectivity index (χ4n) is 2.30. The maximum absolute atomic E-state index is 12.3. The number of ether oxygens (including phenoxy) is 2. The van der Waals surface area contributed by atoms with Crippen LogP contribution in [0.25, 0.3) is 0 Å². The van der Waals surface area contributed by atoms with E-state index < -0.39 is 0 Å². The highest BCUT2D eigenvalue weighted by molar-refractivity contribution is 7.99. The first-order valence-corrected chi connectivity index (χ1v) is 7.71. The molecule has 1 saturated carbocycles. The number of Topliss-reactive ketones (excluding diaryl/α,β-unsaturated/α-hetero) is 2. The Morgan fingerprint density at radius 2 is 2.20 bits per heavy atom. The summed E-state index contributed by atoms with van der Waals surface area (Å²) in [4.78, 5) is 24.9. The molecule has 0 radical (unpaired) electrons. The SMILES string of the molecule is COc1ccc(C(=O)CC(=O)C2CC2)c2c1OCCS2. The summed E-state index contributed by atoms with van der Waals surface area (Å²) in [6.45, 7) is 0.604.